The molecule has 1 rings (SSSR count). The number of alkyl halides is 1. The van der Waals surface area contributed by atoms with Crippen LogP contribution in [-0.2, 0) is 0 Å². The third-order valence-corrected chi connectivity index (χ3v) is 2.83. The molecule has 82 valence electrons. The Hall–Kier alpha value is -0.450. The van der Waals surface area contributed by atoms with Crippen LogP contribution in [0.4, 0.5) is 5.69 Å². The molecule has 0 aromatic heterocycles. The van der Waals surface area contributed by atoms with Crippen molar-refractivity contribution in [3.05, 3.63) is 21.6 Å². The normalized spacial score (nSPS) is 11.6. The number of benzene rings is 1. The number of nitrogens with two attached hydrogens (primary N) is 1. The second-order valence-corrected chi connectivity index (χ2v) is 4.20. The van der Waals surface area contributed by atoms with Gasteiger partial charge in [-0.2, -0.15) is 0 Å². The SMILES string of the molecule is COc1cc(N=C(N)CCl)c(Br)cc1Cl. The van der Waals surface area contributed by atoms with Crippen molar-refractivity contribution >= 4 is 50.7 Å². The molecule has 0 atom stereocenters. The summed E-state index contributed by atoms with van der Waals surface area (Å²) in [6.45, 7) is 0. The van der Waals surface area contributed by atoms with Gasteiger partial charge in [0.1, 0.15) is 11.6 Å². The van der Waals surface area contributed by atoms with E-state index in [-0.39, 0.29) is 5.88 Å². The lowest BCUT2D eigenvalue weighted by Gasteiger charge is -2.06. The van der Waals surface area contributed by atoms with Crippen molar-refractivity contribution in [3.8, 4) is 5.75 Å². The minimum atomic E-state index is 0.178. The van der Waals surface area contributed by atoms with E-state index in [1.165, 1.54) is 7.11 Å². The van der Waals surface area contributed by atoms with Crippen LogP contribution in [0.2, 0.25) is 5.02 Å². The summed E-state index contributed by atoms with van der Waals surface area (Å²) in [6.07, 6.45) is 0. The summed E-state index contributed by atoms with van der Waals surface area (Å²) in [6, 6.07) is 3.38. The number of nitrogens with zero attached hydrogens (tertiary/aromatic N) is 1. The van der Waals surface area contributed by atoms with Gasteiger partial charge in [-0.15, -0.1) is 11.6 Å². The van der Waals surface area contributed by atoms with Crippen LogP contribution in [0.1, 0.15) is 0 Å². The lowest BCUT2D eigenvalue weighted by molar-refractivity contribution is 0.415. The van der Waals surface area contributed by atoms with Gasteiger partial charge in [0.2, 0.25) is 0 Å². The predicted octanol–water partition coefficient (Wildman–Crippen LogP) is 3.34. The Labute approximate surface area is 106 Å². The van der Waals surface area contributed by atoms with Gasteiger partial charge in [0.05, 0.1) is 23.7 Å². The summed E-state index contributed by atoms with van der Waals surface area (Å²) < 4.78 is 5.80. The zero-order chi connectivity index (χ0) is 11.4. The molecule has 1 aromatic rings. The third-order valence-electron chi connectivity index (χ3n) is 1.62. The number of hydrogen-bond donors (Lipinski definition) is 1. The first-order chi connectivity index (χ1) is 7.08. The summed E-state index contributed by atoms with van der Waals surface area (Å²) in [4.78, 5) is 4.10. The molecular weight excluding hydrogens is 303 g/mol. The van der Waals surface area contributed by atoms with E-state index < -0.39 is 0 Å². The van der Waals surface area contributed by atoms with Gasteiger partial charge >= 0.3 is 0 Å². The van der Waals surface area contributed by atoms with Crippen molar-refractivity contribution in [2.24, 2.45) is 10.7 Å². The number of aliphatic imine (C=N–C) groups is 1. The van der Waals surface area contributed by atoms with E-state index >= 15 is 0 Å². The molecule has 15 heavy (non-hydrogen) atoms. The molecule has 0 spiro atoms. The van der Waals surface area contributed by atoms with Crippen molar-refractivity contribution < 1.29 is 4.74 Å². The molecule has 0 radical (unpaired) electrons. The first kappa shape index (κ1) is 12.6. The highest BCUT2D eigenvalue weighted by Gasteiger charge is 2.07. The molecule has 3 nitrogen and oxygen atoms in total. The van der Waals surface area contributed by atoms with Crippen molar-refractivity contribution in [2.75, 3.05) is 13.0 Å². The van der Waals surface area contributed by atoms with Gasteiger partial charge < -0.3 is 10.5 Å². The molecule has 0 bridgehead atoms. The monoisotopic (exact) mass is 310 g/mol. The Kier molecular flexibility index (Phi) is 4.70. The molecule has 0 fully saturated rings. The number of methoxy groups -OCH3 is 1. The lowest BCUT2D eigenvalue weighted by Crippen LogP contribution is -2.12. The fraction of sp³-hybridized carbons (Fsp3) is 0.222. The molecule has 1 aromatic carbocycles. The maximum Gasteiger partial charge on any atom is 0.139 e. The number of halogens is 3. The molecule has 0 aliphatic carbocycles. The average molecular weight is 312 g/mol. The number of hydrogen-bond acceptors (Lipinski definition) is 2. The largest absolute Gasteiger partial charge is 0.495 e. The predicted molar refractivity (Wildman–Crippen MR) is 67.7 cm³/mol. The highest BCUT2D eigenvalue weighted by atomic mass is 79.9. The summed E-state index contributed by atoms with van der Waals surface area (Å²) in [5.74, 6) is 1.06. The summed E-state index contributed by atoms with van der Waals surface area (Å²) >= 11 is 14.8. The van der Waals surface area contributed by atoms with E-state index in [2.05, 4.69) is 20.9 Å². The van der Waals surface area contributed by atoms with Crippen molar-refractivity contribution in [2.45, 2.75) is 0 Å². The average Bonchev–Trinajstić information content (AvgIpc) is 2.21. The molecule has 0 saturated heterocycles. The van der Waals surface area contributed by atoms with Crippen LogP contribution in [0.15, 0.2) is 21.6 Å². The third kappa shape index (κ3) is 3.26. The van der Waals surface area contributed by atoms with E-state index in [4.69, 9.17) is 33.7 Å². The Bertz CT molecular complexity index is 396. The Morgan fingerprint density at radius 1 is 1.60 bits per heavy atom. The molecule has 2 N–H and O–H groups in total. The minimum Gasteiger partial charge on any atom is -0.495 e. The lowest BCUT2D eigenvalue weighted by atomic mass is 10.3. The molecule has 0 amide bonds. The first-order valence-corrected chi connectivity index (χ1v) is 5.71. The van der Waals surface area contributed by atoms with Crippen LogP contribution in [0.25, 0.3) is 0 Å². The first-order valence-electron chi connectivity index (χ1n) is 4.00. The molecule has 0 aliphatic heterocycles. The standard InChI is InChI=1S/C9H9BrCl2N2O/c1-15-8-3-7(14-9(13)4-11)5(10)2-6(8)12/h2-3H,4H2,1H3,(H2,13,14). The van der Waals surface area contributed by atoms with Crippen LogP contribution in [0.3, 0.4) is 0 Å². The van der Waals surface area contributed by atoms with E-state index in [1.807, 2.05) is 0 Å². The van der Waals surface area contributed by atoms with E-state index in [1.54, 1.807) is 12.1 Å². The van der Waals surface area contributed by atoms with Crippen LogP contribution >= 0.6 is 39.1 Å². The molecule has 0 heterocycles. The van der Waals surface area contributed by atoms with Crippen LogP contribution in [0.5, 0.6) is 5.75 Å². The van der Waals surface area contributed by atoms with E-state index in [9.17, 15) is 0 Å². The smallest absolute Gasteiger partial charge is 0.139 e. The van der Waals surface area contributed by atoms with Crippen LogP contribution in [0, 0.1) is 0 Å². The molecule has 0 unspecified atom stereocenters. The fourth-order valence-electron chi connectivity index (χ4n) is 0.945. The van der Waals surface area contributed by atoms with Gasteiger partial charge in [-0.1, -0.05) is 11.6 Å². The quantitative estimate of drug-likeness (QED) is 0.529. The molecule has 6 heteroatoms. The zero-order valence-electron chi connectivity index (χ0n) is 7.93. The maximum atomic E-state index is 5.91. The van der Waals surface area contributed by atoms with Crippen molar-refractivity contribution in [1.82, 2.24) is 0 Å². The van der Waals surface area contributed by atoms with Crippen molar-refractivity contribution in [1.29, 1.82) is 0 Å². The van der Waals surface area contributed by atoms with Crippen LogP contribution in [-0.4, -0.2) is 18.8 Å². The summed E-state index contributed by atoms with van der Waals surface area (Å²) in [5.41, 5.74) is 6.16. The van der Waals surface area contributed by atoms with Gasteiger partial charge in [-0.3, -0.25) is 0 Å². The second kappa shape index (κ2) is 5.58. The van der Waals surface area contributed by atoms with Gasteiger partial charge in [-0.25, -0.2) is 4.99 Å². The van der Waals surface area contributed by atoms with Gasteiger partial charge in [0.15, 0.2) is 0 Å². The van der Waals surface area contributed by atoms with Crippen LogP contribution < -0.4 is 10.5 Å². The number of amidine groups is 1. The highest BCUT2D eigenvalue weighted by Crippen LogP contribution is 2.35. The van der Waals surface area contributed by atoms with Gasteiger partial charge in [0, 0.05) is 10.5 Å². The Morgan fingerprint density at radius 3 is 2.80 bits per heavy atom. The van der Waals surface area contributed by atoms with Crippen molar-refractivity contribution in [3.63, 3.8) is 0 Å². The topological polar surface area (TPSA) is 47.6 Å². The number of rotatable bonds is 3. The van der Waals surface area contributed by atoms with Gasteiger partial charge in [0.25, 0.3) is 0 Å². The fourth-order valence-corrected chi connectivity index (χ4v) is 1.81. The Morgan fingerprint density at radius 2 is 2.27 bits per heavy atom. The van der Waals surface area contributed by atoms with E-state index in [0.717, 1.165) is 4.47 Å². The van der Waals surface area contributed by atoms with E-state index in [0.29, 0.717) is 22.3 Å². The number of ether oxygens (including phenoxy) is 1. The molecular formula is C9H9BrCl2N2O. The second-order valence-electron chi connectivity index (χ2n) is 2.67. The summed E-state index contributed by atoms with van der Waals surface area (Å²) in [5, 5.41) is 0.507. The zero-order valence-corrected chi connectivity index (χ0v) is 11.0. The highest BCUT2D eigenvalue weighted by molar-refractivity contribution is 9.10. The Balaban J connectivity index is 3.19. The summed E-state index contributed by atoms with van der Waals surface area (Å²) in [7, 11) is 1.54. The molecule has 0 saturated carbocycles. The van der Waals surface area contributed by atoms with Gasteiger partial charge in [-0.05, 0) is 22.0 Å². The maximum absolute atomic E-state index is 5.91. The molecule has 0 aliphatic rings. The minimum absolute atomic E-state index is 0.178.